The molecule has 1 fully saturated rings. The number of hydrogen-bond donors (Lipinski definition) is 2. The summed E-state index contributed by atoms with van der Waals surface area (Å²) in [7, 11) is 1.76. The van der Waals surface area contributed by atoms with E-state index in [2.05, 4.69) is 17.6 Å². The summed E-state index contributed by atoms with van der Waals surface area (Å²) < 4.78 is 0. The minimum atomic E-state index is -0.147. The highest BCUT2D eigenvalue weighted by molar-refractivity contribution is 5.85. The lowest BCUT2D eigenvalue weighted by molar-refractivity contribution is -0.132. The number of nitrogens with zero attached hydrogens (tertiary/aromatic N) is 2. The first-order chi connectivity index (χ1) is 12.6. The summed E-state index contributed by atoms with van der Waals surface area (Å²) in [4.78, 5) is 28.0. The maximum atomic E-state index is 12.3. The molecule has 0 unspecified atom stereocenters. The van der Waals surface area contributed by atoms with Gasteiger partial charge in [0.05, 0.1) is 0 Å². The second-order valence-electron chi connectivity index (χ2n) is 6.96. The van der Waals surface area contributed by atoms with Crippen molar-refractivity contribution < 1.29 is 9.59 Å². The van der Waals surface area contributed by atoms with Crippen molar-refractivity contribution in [2.75, 3.05) is 39.8 Å². The van der Waals surface area contributed by atoms with Crippen molar-refractivity contribution in [1.29, 1.82) is 0 Å². The second kappa shape index (κ2) is 12.6. The SMILES string of the molecule is CCNCC1CCN(C(=O)CCNC(=O)N(C)Cc2ccccc2)CC1.Cl. The lowest BCUT2D eigenvalue weighted by atomic mass is 9.96. The topological polar surface area (TPSA) is 64.7 Å². The molecule has 0 radical (unpaired) electrons. The maximum Gasteiger partial charge on any atom is 0.317 e. The fourth-order valence-corrected chi connectivity index (χ4v) is 3.23. The number of likely N-dealkylation sites (tertiary alicyclic amines) is 1. The fourth-order valence-electron chi connectivity index (χ4n) is 3.23. The predicted octanol–water partition coefficient (Wildman–Crippen LogP) is 2.49. The van der Waals surface area contributed by atoms with E-state index in [-0.39, 0.29) is 24.3 Å². The second-order valence-corrected chi connectivity index (χ2v) is 6.96. The maximum absolute atomic E-state index is 12.3. The Kier molecular flexibility index (Phi) is 10.8. The van der Waals surface area contributed by atoms with Gasteiger partial charge in [-0.15, -0.1) is 12.4 Å². The Bertz CT molecular complexity index is 562. The van der Waals surface area contributed by atoms with Gasteiger partial charge >= 0.3 is 6.03 Å². The summed E-state index contributed by atoms with van der Waals surface area (Å²) in [6.45, 7) is 6.76. The average Bonchev–Trinajstić information content (AvgIpc) is 2.67. The van der Waals surface area contributed by atoms with Crippen molar-refractivity contribution in [3.63, 3.8) is 0 Å². The predicted molar refractivity (Wildman–Crippen MR) is 111 cm³/mol. The van der Waals surface area contributed by atoms with Crippen LogP contribution in [-0.4, -0.2) is 61.5 Å². The van der Waals surface area contributed by atoms with Gasteiger partial charge in [0.2, 0.25) is 5.91 Å². The van der Waals surface area contributed by atoms with Gasteiger partial charge in [-0.2, -0.15) is 0 Å². The molecule has 1 aliphatic heterocycles. The first-order valence-electron chi connectivity index (χ1n) is 9.61. The number of halogens is 1. The molecule has 0 aliphatic carbocycles. The molecule has 1 aliphatic rings. The van der Waals surface area contributed by atoms with Gasteiger partial charge in [0.1, 0.15) is 0 Å². The summed E-state index contributed by atoms with van der Waals surface area (Å²) in [6, 6.07) is 9.71. The van der Waals surface area contributed by atoms with Crippen LogP contribution in [0.5, 0.6) is 0 Å². The number of nitrogens with one attached hydrogen (secondary N) is 2. The van der Waals surface area contributed by atoms with Crippen LogP contribution in [0.1, 0.15) is 31.7 Å². The van der Waals surface area contributed by atoms with E-state index in [0.29, 0.717) is 25.4 Å². The fraction of sp³-hybridized carbons (Fsp3) is 0.600. The number of benzene rings is 1. The zero-order valence-electron chi connectivity index (χ0n) is 16.4. The molecule has 0 saturated carbocycles. The summed E-state index contributed by atoms with van der Waals surface area (Å²) >= 11 is 0. The Balaban J connectivity index is 0.00000364. The minimum absolute atomic E-state index is 0. The highest BCUT2D eigenvalue weighted by atomic mass is 35.5. The van der Waals surface area contributed by atoms with E-state index < -0.39 is 0 Å². The number of carbonyl (C=O) groups excluding carboxylic acids is 2. The lowest BCUT2D eigenvalue weighted by Gasteiger charge is -2.32. The average molecular weight is 397 g/mol. The molecule has 2 rings (SSSR count). The monoisotopic (exact) mass is 396 g/mol. The zero-order chi connectivity index (χ0) is 18.8. The number of amides is 3. The number of rotatable bonds is 8. The van der Waals surface area contributed by atoms with Crippen LogP contribution in [0.4, 0.5) is 4.79 Å². The van der Waals surface area contributed by atoms with E-state index in [1.807, 2.05) is 35.2 Å². The van der Waals surface area contributed by atoms with Gasteiger partial charge in [-0.05, 0) is 37.4 Å². The molecular formula is C20H33ClN4O2. The molecule has 0 atom stereocenters. The molecule has 6 nitrogen and oxygen atoms in total. The van der Waals surface area contributed by atoms with Crippen molar-refractivity contribution in [2.45, 2.75) is 32.7 Å². The lowest BCUT2D eigenvalue weighted by Crippen LogP contribution is -2.43. The molecule has 1 saturated heterocycles. The molecular weight excluding hydrogens is 364 g/mol. The minimum Gasteiger partial charge on any atom is -0.343 e. The third-order valence-corrected chi connectivity index (χ3v) is 4.87. The molecule has 1 aromatic rings. The molecule has 1 heterocycles. The van der Waals surface area contributed by atoms with Crippen molar-refractivity contribution in [3.05, 3.63) is 35.9 Å². The van der Waals surface area contributed by atoms with Gasteiger partial charge in [0.15, 0.2) is 0 Å². The first-order valence-corrected chi connectivity index (χ1v) is 9.61. The Morgan fingerprint density at radius 3 is 2.48 bits per heavy atom. The highest BCUT2D eigenvalue weighted by Gasteiger charge is 2.22. The Morgan fingerprint density at radius 1 is 1.19 bits per heavy atom. The van der Waals surface area contributed by atoms with E-state index in [4.69, 9.17) is 0 Å². The van der Waals surface area contributed by atoms with Gasteiger partial charge in [-0.1, -0.05) is 37.3 Å². The largest absolute Gasteiger partial charge is 0.343 e. The standard InChI is InChI=1S/C20H32N4O2.ClH/c1-3-21-15-17-10-13-24(14-11-17)19(25)9-12-22-20(26)23(2)16-18-7-5-4-6-8-18;/h4-8,17,21H,3,9-16H2,1-2H3,(H,22,26);1H. The van der Waals surface area contributed by atoms with Crippen LogP contribution >= 0.6 is 12.4 Å². The van der Waals surface area contributed by atoms with Gasteiger partial charge in [-0.25, -0.2) is 4.79 Å². The van der Waals surface area contributed by atoms with Gasteiger partial charge < -0.3 is 20.4 Å². The summed E-state index contributed by atoms with van der Waals surface area (Å²) in [6.07, 6.45) is 2.48. The molecule has 27 heavy (non-hydrogen) atoms. The number of urea groups is 1. The normalized spacial score (nSPS) is 14.4. The van der Waals surface area contributed by atoms with Crippen molar-refractivity contribution >= 4 is 24.3 Å². The molecule has 0 spiro atoms. The number of hydrogen-bond acceptors (Lipinski definition) is 3. The zero-order valence-corrected chi connectivity index (χ0v) is 17.3. The van der Waals surface area contributed by atoms with E-state index in [9.17, 15) is 9.59 Å². The summed E-state index contributed by atoms with van der Waals surface area (Å²) in [5, 5.41) is 6.22. The number of carbonyl (C=O) groups is 2. The van der Waals surface area contributed by atoms with Crippen molar-refractivity contribution in [1.82, 2.24) is 20.4 Å². The third kappa shape index (κ3) is 8.18. The molecule has 1 aromatic carbocycles. The quantitative estimate of drug-likeness (QED) is 0.709. The van der Waals surface area contributed by atoms with Crippen LogP contribution in [0.3, 0.4) is 0 Å². The van der Waals surface area contributed by atoms with Crippen molar-refractivity contribution in [2.24, 2.45) is 5.92 Å². The molecule has 152 valence electrons. The Hall–Kier alpha value is -1.79. The number of piperidine rings is 1. The van der Waals surface area contributed by atoms with Crippen molar-refractivity contribution in [3.8, 4) is 0 Å². The van der Waals surface area contributed by atoms with Crippen LogP contribution in [0.25, 0.3) is 0 Å². The Morgan fingerprint density at radius 2 is 1.85 bits per heavy atom. The Labute approximate surface area is 169 Å². The molecule has 3 amide bonds. The van der Waals surface area contributed by atoms with Crippen LogP contribution in [0, 0.1) is 5.92 Å². The summed E-state index contributed by atoms with van der Waals surface area (Å²) in [5.41, 5.74) is 1.08. The molecule has 0 aromatic heterocycles. The van der Waals surface area contributed by atoms with E-state index in [0.717, 1.165) is 44.6 Å². The first kappa shape index (κ1) is 23.2. The van der Waals surface area contributed by atoms with E-state index in [1.54, 1.807) is 11.9 Å². The van der Waals surface area contributed by atoms with E-state index in [1.165, 1.54) is 0 Å². The van der Waals surface area contributed by atoms with Crippen LogP contribution < -0.4 is 10.6 Å². The van der Waals surface area contributed by atoms with Crippen LogP contribution in [-0.2, 0) is 11.3 Å². The molecule has 7 heteroatoms. The molecule has 0 bridgehead atoms. The van der Waals surface area contributed by atoms with Crippen LogP contribution in [0.2, 0.25) is 0 Å². The third-order valence-electron chi connectivity index (χ3n) is 4.87. The van der Waals surface area contributed by atoms with Gasteiger partial charge in [-0.3, -0.25) is 4.79 Å². The smallest absolute Gasteiger partial charge is 0.317 e. The van der Waals surface area contributed by atoms with Gasteiger partial charge in [0.25, 0.3) is 0 Å². The molecule has 2 N–H and O–H groups in total. The highest BCUT2D eigenvalue weighted by Crippen LogP contribution is 2.16. The summed E-state index contributed by atoms with van der Waals surface area (Å²) in [5.74, 6) is 0.809. The van der Waals surface area contributed by atoms with E-state index >= 15 is 0 Å². The van der Waals surface area contributed by atoms with Crippen LogP contribution in [0.15, 0.2) is 30.3 Å². The van der Waals surface area contributed by atoms with Gasteiger partial charge in [0, 0.05) is 39.6 Å².